The lowest BCUT2D eigenvalue weighted by Gasteiger charge is -2.30. The Labute approximate surface area is 154 Å². The summed E-state index contributed by atoms with van der Waals surface area (Å²) < 4.78 is 1.86. The van der Waals surface area contributed by atoms with Gasteiger partial charge in [-0.3, -0.25) is 14.7 Å². The van der Waals surface area contributed by atoms with E-state index in [4.69, 9.17) is 5.73 Å². The molecule has 3 heterocycles. The fraction of sp³-hybridized carbons (Fsp3) is 0.267. The predicted molar refractivity (Wildman–Crippen MR) is 99.5 cm³/mol. The number of hydrogen-bond acceptors (Lipinski definition) is 5. The summed E-state index contributed by atoms with van der Waals surface area (Å²) in [5.74, 6) is -0.0779. The lowest BCUT2D eigenvalue weighted by atomic mass is 9.97. The van der Waals surface area contributed by atoms with Gasteiger partial charge in [0.05, 0.1) is 16.8 Å². The van der Waals surface area contributed by atoms with Crippen molar-refractivity contribution >= 4 is 55.1 Å². The molecule has 0 aromatic carbocycles. The molecule has 2 N–H and O–H groups in total. The zero-order chi connectivity index (χ0) is 16.7. The van der Waals surface area contributed by atoms with Crippen LogP contribution in [-0.4, -0.2) is 34.8 Å². The third-order valence-corrected chi connectivity index (χ3v) is 6.33. The number of rotatable bonds is 2. The highest BCUT2D eigenvalue weighted by Gasteiger charge is 2.36. The fourth-order valence-electron chi connectivity index (χ4n) is 2.53. The summed E-state index contributed by atoms with van der Waals surface area (Å²) in [5, 5.41) is 0. The fourth-order valence-corrected chi connectivity index (χ4v) is 4.99. The van der Waals surface area contributed by atoms with Crippen molar-refractivity contribution in [3.63, 3.8) is 0 Å². The Bertz CT molecular complexity index is 805. The number of hydrogen-bond donors (Lipinski definition) is 1. The van der Waals surface area contributed by atoms with Crippen LogP contribution < -0.4 is 5.73 Å². The molecule has 2 atom stereocenters. The first kappa shape index (κ1) is 16.6. The Kier molecular flexibility index (Phi) is 4.57. The van der Waals surface area contributed by atoms with Crippen molar-refractivity contribution in [3.05, 3.63) is 38.3 Å². The van der Waals surface area contributed by atoms with E-state index in [0.29, 0.717) is 0 Å². The van der Waals surface area contributed by atoms with E-state index >= 15 is 0 Å². The van der Waals surface area contributed by atoms with Gasteiger partial charge in [-0.1, -0.05) is 0 Å². The van der Waals surface area contributed by atoms with Gasteiger partial charge in [-0.05, 0) is 50.9 Å². The van der Waals surface area contributed by atoms with Crippen molar-refractivity contribution in [3.8, 4) is 10.4 Å². The zero-order valence-electron chi connectivity index (χ0n) is 12.5. The number of aromatic nitrogens is 1. The van der Waals surface area contributed by atoms with Gasteiger partial charge in [-0.2, -0.15) is 0 Å². The number of halogens is 2. The molecule has 1 amide bonds. The van der Waals surface area contributed by atoms with Gasteiger partial charge in [0.25, 0.3) is 0 Å². The monoisotopic (exact) mass is 456 g/mol. The lowest BCUT2D eigenvalue weighted by molar-refractivity contribution is -0.129. The average Bonchev–Trinajstić information content (AvgIpc) is 2.86. The summed E-state index contributed by atoms with van der Waals surface area (Å²) in [5.41, 5.74) is 6.77. The van der Waals surface area contributed by atoms with E-state index in [9.17, 15) is 4.79 Å². The Morgan fingerprint density at radius 3 is 2.74 bits per heavy atom. The van der Waals surface area contributed by atoms with E-state index in [1.54, 1.807) is 30.8 Å². The Balaban J connectivity index is 2.03. The highest BCUT2D eigenvalue weighted by Crippen LogP contribution is 2.42. The van der Waals surface area contributed by atoms with E-state index in [0.717, 1.165) is 24.3 Å². The number of pyridine rings is 1. The van der Waals surface area contributed by atoms with E-state index in [1.165, 1.54) is 4.90 Å². The normalized spacial score (nSPS) is 21.5. The number of carbonyl (C=O) groups is 1. The molecule has 0 spiro atoms. The van der Waals surface area contributed by atoms with Crippen LogP contribution in [0.25, 0.3) is 10.4 Å². The number of amides is 1. The molecule has 1 unspecified atom stereocenters. The van der Waals surface area contributed by atoms with Gasteiger partial charge in [-0.25, -0.2) is 4.99 Å². The molecule has 1 aliphatic rings. The third-order valence-electron chi connectivity index (χ3n) is 3.74. The quantitative estimate of drug-likeness (QED) is 0.748. The summed E-state index contributed by atoms with van der Waals surface area (Å²) in [4.78, 5) is 24.6. The molecule has 2 aromatic heterocycles. The number of likely N-dealkylation sites (N-methyl/N-ethyl adjacent to an activating group) is 1. The van der Waals surface area contributed by atoms with E-state index in [-0.39, 0.29) is 23.8 Å². The number of nitrogens with two attached hydrogens (primary N) is 1. The van der Waals surface area contributed by atoms with Crippen molar-refractivity contribution in [2.24, 2.45) is 10.7 Å². The van der Waals surface area contributed by atoms with Crippen molar-refractivity contribution < 1.29 is 4.79 Å². The van der Waals surface area contributed by atoms with Crippen LogP contribution >= 0.6 is 43.2 Å². The van der Waals surface area contributed by atoms with E-state index in [2.05, 4.69) is 41.8 Å². The number of thiophene rings is 1. The summed E-state index contributed by atoms with van der Waals surface area (Å²) in [7, 11) is 1.65. The minimum Gasteiger partial charge on any atom is -0.369 e. The van der Waals surface area contributed by atoms with Crippen LogP contribution in [0.4, 0.5) is 0 Å². The molecular weight excluding hydrogens is 444 g/mol. The second-order valence-corrected chi connectivity index (χ2v) is 8.17. The van der Waals surface area contributed by atoms with Crippen molar-refractivity contribution in [1.82, 2.24) is 9.88 Å². The maximum absolute atomic E-state index is 12.6. The number of carbonyl (C=O) groups excluding carboxylic acids is 1. The van der Waals surface area contributed by atoms with Crippen LogP contribution in [-0.2, 0) is 4.79 Å². The molecule has 0 saturated heterocycles. The average molecular weight is 458 g/mol. The highest BCUT2D eigenvalue weighted by molar-refractivity contribution is 9.11. The molecule has 0 aliphatic carbocycles. The number of guanidine groups is 1. The van der Waals surface area contributed by atoms with Gasteiger partial charge < -0.3 is 5.73 Å². The van der Waals surface area contributed by atoms with Crippen LogP contribution in [0.5, 0.6) is 0 Å². The van der Waals surface area contributed by atoms with Crippen molar-refractivity contribution in [2.75, 3.05) is 7.05 Å². The van der Waals surface area contributed by atoms with Gasteiger partial charge >= 0.3 is 0 Å². The van der Waals surface area contributed by atoms with Gasteiger partial charge in [0, 0.05) is 38.8 Å². The molecule has 0 bridgehead atoms. The minimum atomic E-state index is -0.317. The van der Waals surface area contributed by atoms with Crippen molar-refractivity contribution in [1.29, 1.82) is 0 Å². The van der Waals surface area contributed by atoms with E-state index < -0.39 is 0 Å². The topological polar surface area (TPSA) is 71.6 Å². The van der Waals surface area contributed by atoms with Crippen LogP contribution in [0.2, 0.25) is 0 Å². The molecule has 120 valence electrons. The molecular formula is C15H14Br2N4OS. The van der Waals surface area contributed by atoms with Crippen LogP contribution in [0.1, 0.15) is 17.7 Å². The molecule has 0 fully saturated rings. The number of aliphatic imine (C=N–C) groups is 1. The maximum atomic E-state index is 12.6. The summed E-state index contributed by atoms with van der Waals surface area (Å²) >= 11 is 8.60. The first-order chi connectivity index (χ1) is 10.9. The SMILES string of the molecule is C[C@@H]1N=C(N)N(C)C(=O)C1c1cc(Br)c(-c2cncc(Br)c2)s1. The minimum absolute atomic E-state index is 0.0299. The molecule has 5 nitrogen and oxygen atoms in total. The smallest absolute Gasteiger partial charge is 0.239 e. The molecule has 2 aromatic rings. The summed E-state index contributed by atoms with van der Waals surface area (Å²) in [6, 6.07) is 3.81. The first-order valence-electron chi connectivity index (χ1n) is 6.89. The maximum Gasteiger partial charge on any atom is 0.239 e. The second kappa shape index (κ2) is 6.33. The second-order valence-electron chi connectivity index (χ2n) is 5.32. The van der Waals surface area contributed by atoms with Crippen LogP contribution in [0, 0.1) is 0 Å². The van der Waals surface area contributed by atoms with Gasteiger partial charge in [0.1, 0.15) is 0 Å². The molecule has 3 rings (SSSR count). The summed E-state index contributed by atoms with van der Waals surface area (Å²) in [6.45, 7) is 1.91. The Hall–Kier alpha value is -1.25. The lowest BCUT2D eigenvalue weighted by Crippen LogP contribution is -2.48. The third kappa shape index (κ3) is 3.07. The largest absolute Gasteiger partial charge is 0.369 e. The first-order valence-corrected chi connectivity index (χ1v) is 9.29. The van der Waals surface area contributed by atoms with Crippen LogP contribution in [0.15, 0.2) is 38.5 Å². The molecule has 1 aliphatic heterocycles. The van der Waals surface area contributed by atoms with E-state index in [1.807, 2.05) is 19.1 Å². The van der Waals surface area contributed by atoms with Gasteiger partial charge in [0.2, 0.25) is 5.91 Å². The Morgan fingerprint density at radius 2 is 2.04 bits per heavy atom. The predicted octanol–water partition coefficient (Wildman–Crippen LogP) is 3.59. The summed E-state index contributed by atoms with van der Waals surface area (Å²) in [6.07, 6.45) is 3.55. The highest BCUT2D eigenvalue weighted by atomic mass is 79.9. The van der Waals surface area contributed by atoms with Crippen molar-refractivity contribution in [2.45, 2.75) is 18.9 Å². The van der Waals surface area contributed by atoms with Crippen LogP contribution in [0.3, 0.4) is 0 Å². The standard InChI is InChI=1S/C15H14Br2N4OS/c1-7-12(14(22)21(2)15(18)20-7)11-4-10(17)13(23-11)8-3-9(16)6-19-5-8/h3-7,12H,1-2H3,(H2,18,20)/t7-,12?/m0/s1. The van der Waals surface area contributed by atoms with Gasteiger partial charge in [0.15, 0.2) is 5.96 Å². The molecule has 0 saturated carbocycles. The zero-order valence-corrected chi connectivity index (χ0v) is 16.4. The van der Waals surface area contributed by atoms with Gasteiger partial charge in [-0.15, -0.1) is 11.3 Å². The molecule has 23 heavy (non-hydrogen) atoms. The number of nitrogens with zero attached hydrogens (tertiary/aromatic N) is 3. The molecule has 0 radical (unpaired) electrons. The molecule has 8 heteroatoms. The Morgan fingerprint density at radius 1 is 1.30 bits per heavy atom.